The fraction of sp³-hybridized carbons (Fsp3) is 0.375. The summed E-state index contributed by atoms with van der Waals surface area (Å²) in [4.78, 5) is 12.4. The molecule has 0 radical (unpaired) electrons. The number of nitrogens with zero attached hydrogens (tertiary/aromatic N) is 2. The molecule has 1 aliphatic heterocycles. The van der Waals surface area contributed by atoms with Gasteiger partial charge in [-0.25, -0.2) is 12.7 Å². The summed E-state index contributed by atoms with van der Waals surface area (Å²) in [6.07, 6.45) is 2.38. The van der Waals surface area contributed by atoms with Crippen LogP contribution in [-0.4, -0.2) is 54.2 Å². The first-order valence-corrected chi connectivity index (χ1v) is 10.1. The summed E-state index contributed by atoms with van der Waals surface area (Å²) in [5, 5.41) is 10.4. The molecule has 1 saturated heterocycles. The van der Waals surface area contributed by atoms with Gasteiger partial charge in [-0.05, 0) is 25.0 Å². The van der Waals surface area contributed by atoms with Crippen LogP contribution in [0, 0.1) is 0 Å². The predicted molar refractivity (Wildman–Crippen MR) is 95.9 cm³/mol. The molecule has 1 amide bonds. The Morgan fingerprint density at radius 3 is 2.64 bits per heavy atom. The van der Waals surface area contributed by atoms with Gasteiger partial charge in [0.15, 0.2) is 0 Å². The van der Waals surface area contributed by atoms with Gasteiger partial charge in [-0.2, -0.15) is 5.10 Å². The third-order valence-electron chi connectivity index (χ3n) is 4.23. The van der Waals surface area contributed by atoms with Crippen molar-refractivity contribution >= 4 is 27.5 Å². The van der Waals surface area contributed by atoms with Crippen molar-refractivity contribution in [3.63, 3.8) is 0 Å². The van der Waals surface area contributed by atoms with Crippen molar-refractivity contribution in [3.05, 3.63) is 41.0 Å². The van der Waals surface area contributed by atoms with Crippen LogP contribution < -0.4 is 5.32 Å². The molecular formula is C16H19ClN4O3S. The maximum Gasteiger partial charge on any atom is 0.269 e. The average molecular weight is 383 g/mol. The van der Waals surface area contributed by atoms with Crippen LogP contribution in [0.3, 0.4) is 0 Å². The number of rotatable bonds is 4. The number of hydrogen-bond donors (Lipinski definition) is 2. The standard InChI is InChI=1S/C16H19ClN4O3S/c1-25(23,24)21-8-6-11(7-9-21)18-16(22)15-10-14(19-20-15)12-4-2-3-5-13(12)17/h2-5,10-11H,6-9H2,1H3,(H,18,22)(H,19,20). The van der Waals surface area contributed by atoms with Crippen LogP contribution in [0.4, 0.5) is 0 Å². The fourth-order valence-corrected chi connectivity index (χ4v) is 3.95. The predicted octanol–water partition coefficient (Wildman–Crippen LogP) is 1.88. The van der Waals surface area contributed by atoms with E-state index in [1.165, 1.54) is 10.6 Å². The number of carbonyl (C=O) groups is 1. The van der Waals surface area contributed by atoms with Gasteiger partial charge in [0.05, 0.1) is 17.0 Å². The van der Waals surface area contributed by atoms with Gasteiger partial charge >= 0.3 is 0 Å². The molecule has 9 heteroatoms. The number of nitrogens with one attached hydrogen (secondary N) is 2. The van der Waals surface area contributed by atoms with Gasteiger partial charge in [0, 0.05) is 24.7 Å². The Hall–Kier alpha value is -1.90. The molecule has 0 unspecified atom stereocenters. The van der Waals surface area contributed by atoms with Gasteiger partial charge in [-0.15, -0.1) is 0 Å². The number of piperidine rings is 1. The molecule has 0 aliphatic carbocycles. The van der Waals surface area contributed by atoms with E-state index in [1.54, 1.807) is 12.1 Å². The molecule has 1 fully saturated rings. The Bertz CT molecular complexity index is 873. The number of aromatic amines is 1. The molecule has 2 aromatic rings. The Morgan fingerprint density at radius 2 is 2.00 bits per heavy atom. The summed E-state index contributed by atoms with van der Waals surface area (Å²) in [5.74, 6) is -0.261. The van der Waals surface area contributed by atoms with E-state index in [2.05, 4.69) is 15.5 Å². The van der Waals surface area contributed by atoms with Crippen LogP contribution in [0.1, 0.15) is 23.3 Å². The fourth-order valence-electron chi connectivity index (χ4n) is 2.84. The van der Waals surface area contributed by atoms with E-state index in [0.29, 0.717) is 42.3 Å². The van der Waals surface area contributed by atoms with Crippen LogP contribution in [0.2, 0.25) is 5.02 Å². The van der Waals surface area contributed by atoms with Crippen molar-refractivity contribution in [1.82, 2.24) is 19.8 Å². The van der Waals surface area contributed by atoms with E-state index >= 15 is 0 Å². The summed E-state index contributed by atoms with van der Waals surface area (Å²) in [6.45, 7) is 0.829. The van der Waals surface area contributed by atoms with Crippen LogP contribution in [0.5, 0.6) is 0 Å². The summed E-state index contributed by atoms with van der Waals surface area (Å²) in [6, 6.07) is 8.88. The molecule has 1 aromatic heterocycles. The lowest BCUT2D eigenvalue weighted by Crippen LogP contribution is -2.46. The second kappa shape index (κ2) is 7.15. The lowest BCUT2D eigenvalue weighted by molar-refractivity contribution is 0.0919. The maximum absolute atomic E-state index is 12.4. The smallest absolute Gasteiger partial charge is 0.269 e. The minimum absolute atomic E-state index is 0.0578. The van der Waals surface area contributed by atoms with Gasteiger partial charge in [-0.1, -0.05) is 29.8 Å². The molecule has 7 nitrogen and oxygen atoms in total. The third-order valence-corrected chi connectivity index (χ3v) is 5.86. The first kappa shape index (κ1) is 17.9. The Morgan fingerprint density at radius 1 is 1.32 bits per heavy atom. The van der Waals surface area contributed by atoms with Crippen LogP contribution in [0.15, 0.2) is 30.3 Å². The van der Waals surface area contributed by atoms with E-state index < -0.39 is 10.0 Å². The number of H-pyrrole nitrogens is 1. The van der Waals surface area contributed by atoms with Crippen molar-refractivity contribution in [2.45, 2.75) is 18.9 Å². The number of amides is 1. The van der Waals surface area contributed by atoms with E-state index in [1.807, 2.05) is 18.2 Å². The normalized spacial score (nSPS) is 16.7. The van der Waals surface area contributed by atoms with Gasteiger partial charge < -0.3 is 5.32 Å². The van der Waals surface area contributed by atoms with Gasteiger partial charge in [0.1, 0.15) is 5.69 Å². The van der Waals surface area contributed by atoms with Crippen LogP contribution in [0.25, 0.3) is 11.3 Å². The van der Waals surface area contributed by atoms with Gasteiger partial charge in [0.25, 0.3) is 5.91 Å². The highest BCUT2D eigenvalue weighted by Crippen LogP contribution is 2.26. The lowest BCUT2D eigenvalue weighted by atomic mass is 10.1. The molecule has 25 heavy (non-hydrogen) atoms. The second-order valence-electron chi connectivity index (χ2n) is 6.06. The Labute approximate surface area is 151 Å². The summed E-state index contributed by atoms with van der Waals surface area (Å²) in [5.41, 5.74) is 1.70. The highest BCUT2D eigenvalue weighted by atomic mass is 35.5. The number of aromatic nitrogens is 2. The van der Waals surface area contributed by atoms with Crippen LogP contribution >= 0.6 is 11.6 Å². The first-order valence-electron chi connectivity index (χ1n) is 7.91. The molecular weight excluding hydrogens is 364 g/mol. The molecule has 0 atom stereocenters. The molecule has 2 N–H and O–H groups in total. The van der Waals surface area contributed by atoms with Crippen molar-refractivity contribution in [3.8, 4) is 11.3 Å². The number of halogens is 1. The largest absolute Gasteiger partial charge is 0.348 e. The number of hydrogen-bond acceptors (Lipinski definition) is 4. The summed E-state index contributed by atoms with van der Waals surface area (Å²) >= 11 is 6.15. The van der Waals surface area contributed by atoms with E-state index in [9.17, 15) is 13.2 Å². The monoisotopic (exact) mass is 382 g/mol. The zero-order chi connectivity index (χ0) is 18.0. The average Bonchev–Trinajstić information content (AvgIpc) is 3.05. The van der Waals surface area contributed by atoms with E-state index in [4.69, 9.17) is 11.6 Å². The van der Waals surface area contributed by atoms with Gasteiger partial charge in [-0.3, -0.25) is 9.89 Å². The molecule has 0 saturated carbocycles. The molecule has 1 aliphatic rings. The third kappa shape index (κ3) is 4.20. The van der Waals surface area contributed by atoms with Crippen molar-refractivity contribution in [2.24, 2.45) is 0 Å². The van der Waals surface area contributed by atoms with Crippen molar-refractivity contribution < 1.29 is 13.2 Å². The van der Waals surface area contributed by atoms with Crippen LogP contribution in [-0.2, 0) is 10.0 Å². The second-order valence-corrected chi connectivity index (χ2v) is 8.45. The highest BCUT2D eigenvalue weighted by molar-refractivity contribution is 7.88. The maximum atomic E-state index is 12.4. The Balaban J connectivity index is 1.63. The highest BCUT2D eigenvalue weighted by Gasteiger charge is 2.26. The van der Waals surface area contributed by atoms with Gasteiger partial charge in [0.2, 0.25) is 10.0 Å². The SMILES string of the molecule is CS(=O)(=O)N1CCC(NC(=O)c2cc(-c3ccccc3Cl)n[nH]2)CC1. The summed E-state index contributed by atoms with van der Waals surface area (Å²) < 4.78 is 24.5. The minimum Gasteiger partial charge on any atom is -0.348 e. The lowest BCUT2D eigenvalue weighted by Gasteiger charge is -2.30. The quantitative estimate of drug-likeness (QED) is 0.844. The molecule has 1 aromatic carbocycles. The molecule has 3 rings (SSSR count). The summed E-state index contributed by atoms with van der Waals surface area (Å²) in [7, 11) is -3.17. The van der Waals surface area contributed by atoms with Crippen molar-refractivity contribution in [2.75, 3.05) is 19.3 Å². The molecule has 2 heterocycles. The minimum atomic E-state index is -3.17. The van der Waals surface area contributed by atoms with E-state index in [0.717, 1.165) is 5.56 Å². The molecule has 0 bridgehead atoms. The number of sulfonamides is 1. The number of benzene rings is 1. The Kier molecular flexibility index (Phi) is 5.12. The van der Waals surface area contributed by atoms with E-state index in [-0.39, 0.29) is 11.9 Å². The topological polar surface area (TPSA) is 95.2 Å². The molecule has 134 valence electrons. The molecule has 0 spiro atoms. The zero-order valence-corrected chi connectivity index (χ0v) is 15.3. The van der Waals surface area contributed by atoms with Crippen molar-refractivity contribution in [1.29, 1.82) is 0 Å². The number of carbonyl (C=O) groups excluding carboxylic acids is 1. The first-order chi connectivity index (χ1) is 11.8. The zero-order valence-electron chi connectivity index (χ0n) is 13.7.